The molecule has 3 N–H and O–H groups in total. The highest BCUT2D eigenvalue weighted by Gasteiger charge is 2.15. The van der Waals surface area contributed by atoms with E-state index in [1.807, 2.05) is 0 Å². The van der Waals surface area contributed by atoms with Crippen LogP contribution in [-0.4, -0.2) is 48.2 Å². The Labute approximate surface area is 111 Å². The summed E-state index contributed by atoms with van der Waals surface area (Å²) in [6, 6.07) is 5.99. The largest absolute Gasteiger partial charge is 0.478 e. The summed E-state index contributed by atoms with van der Waals surface area (Å²) in [6.45, 7) is 3.13. The van der Waals surface area contributed by atoms with Crippen molar-refractivity contribution in [2.24, 2.45) is 0 Å². The number of carboxylic acids is 1. The second-order valence-corrected chi connectivity index (χ2v) is 4.40. The lowest BCUT2D eigenvalue weighted by atomic mass is 10.2. The number of amides is 2. The number of urea groups is 1. The molecule has 0 radical (unpaired) electrons. The molecule has 1 heterocycles. The monoisotopic (exact) mass is 263 g/mol. The van der Waals surface area contributed by atoms with Crippen LogP contribution >= 0.6 is 0 Å². The third-order valence-electron chi connectivity index (χ3n) is 3.01. The van der Waals surface area contributed by atoms with Gasteiger partial charge in [-0.2, -0.15) is 0 Å². The van der Waals surface area contributed by atoms with E-state index in [1.165, 1.54) is 12.1 Å². The number of hydrogen-bond donors (Lipinski definition) is 3. The fourth-order valence-electron chi connectivity index (χ4n) is 1.95. The summed E-state index contributed by atoms with van der Waals surface area (Å²) >= 11 is 0. The normalized spacial score (nSPS) is 15.7. The van der Waals surface area contributed by atoms with Crippen LogP contribution in [0.2, 0.25) is 0 Å². The fourth-order valence-corrected chi connectivity index (χ4v) is 1.95. The number of hydrogen-bond acceptors (Lipinski definition) is 3. The van der Waals surface area contributed by atoms with Crippen molar-refractivity contribution in [1.82, 2.24) is 10.2 Å². The van der Waals surface area contributed by atoms with E-state index in [0.29, 0.717) is 12.2 Å². The summed E-state index contributed by atoms with van der Waals surface area (Å²) in [5.41, 5.74) is 0.809. The van der Waals surface area contributed by atoms with Crippen LogP contribution in [0.3, 0.4) is 0 Å². The molecule has 1 aliphatic heterocycles. The quantitative estimate of drug-likeness (QED) is 0.749. The van der Waals surface area contributed by atoms with Gasteiger partial charge in [-0.05, 0) is 37.2 Å². The number of anilines is 1. The molecule has 1 saturated heterocycles. The number of carbonyl (C=O) groups is 2. The highest BCUT2D eigenvalue weighted by atomic mass is 16.4. The number of aromatic carboxylic acids is 1. The summed E-state index contributed by atoms with van der Waals surface area (Å²) < 4.78 is 0. The number of carbonyl (C=O) groups excluding carboxylic acids is 1. The Morgan fingerprint density at radius 2 is 1.89 bits per heavy atom. The Kier molecular flexibility index (Phi) is 4.35. The van der Waals surface area contributed by atoms with Gasteiger partial charge in [0.1, 0.15) is 0 Å². The molecule has 6 nitrogen and oxygen atoms in total. The van der Waals surface area contributed by atoms with Gasteiger partial charge in [-0.15, -0.1) is 0 Å². The molecule has 0 spiro atoms. The van der Waals surface area contributed by atoms with Gasteiger partial charge < -0.3 is 20.6 Å². The van der Waals surface area contributed by atoms with Crippen molar-refractivity contribution in [3.05, 3.63) is 29.8 Å². The average Bonchev–Trinajstić information content (AvgIpc) is 2.68. The maximum Gasteiger partial charge on any atom is 0.335 e. The molecule has 2 rings (SSSR count). The van der Waals surface area contributed by atoms with Crippen LogP contribution in [0.1, 0.15) is 16.8 Å². The molecular formula is C13H17N3O3. The Bertz CT molecular complexity index is 451. The zero-order valence-electron chi connectivity index (χ0n) is 10.6. The first-order chi connectivity index (χ1) is 9.16. The van der Waals surface area contributed by atoms with E-state index in [-0.39, 0.29) is 11.6 Å². The van der Waals surface area contributed by atoms with E-state index in [1.54, 1.807) is 17.0 Å². The Hall–Kier alpha value is -2.08. The first-order valence-corrected chi connectivity index (χ1v) is 6.27. The van der Waals surface area contributed by atoms with Crippen LogP contribution in [0.4, 0.5) is 10.5 Å². The number of nitrogens with zero attached hydrogens (tertiary/aromatic N) is 1. The molecule has 1 fully saturated rings. The minimum atomic E-state index is -0.975. The van der Waals surface area contributed by atoms with Crippen LogP contribution in [0.25, 0.3) is 0 Å². The zero-order valence-corrected chi connectivity index (χ0v) is 10.6. The Balaban J connectivity index is 1.95. The molecule has 0 unspecified atom stereocenters. The minimum Gasteiger partial charge on any atom is -0.478 e. The van der Waals surface area contributed by atoms with Crippen LogP contribution < -0.4 is 10.6 Å². The Morgan fingerprint density at radius 1 is 1.16 bits per heavy atom. The van der Waals surface area contributed by atoms with Crippen molar-refractivity contribution in [2.75, 3.05) is 31.5 Å². The van der Waals surface area contributed by atoms with Crippen LogP contribution in [-0.2, 0) is 0 Å². The summed E-state index contributed by atoms with van der Waals surface area (Å²) in [6.07, 6.45) is 0.936. The molecule has 1 aliphatic rings. The van der Waals surface area contributed by atoms with Crippen LogP contribution in [0.15, 0.2) is 24.3 Å². The Morgan fingerprint density at radius 3 is 2.58 bits per heavy atom. The maximum atomic E-state index is 12.0. The second kappa shape index (κ2) is 6.19. The fraction of sp³-hybridized carbons (Fsp3) is 0.385. The van der Waals surface area contributed by atoms with Crippen molar-refractivity contribution in [3.63, 3.8) is 0 Å². The van der Waals surface area contributed by atoms with E-state index in [0.717, 1.165) is 26.1 Å². The van der Waals surface area contributed by atoms with Gasteiger partial charge >= 0.3 is 12.0 Å². The van der Waals surface area contributed by atoms with Gasteiger partial charge in [-0.1, -0.05) is 0 Å². The number of rotatable bonds is 2. The lowest BCUT2D eigenvalue weighted by molar-refractivity contribution is 0.0697. The van der Waals surface area contributed by atoms with Crippen molar-refractivity contribution >= 4 is 17.7 Å². The molecule has 1 aromatic rings. The summed E-state index contributed by atoms with van der Waals surface area (Å²) in [5, 5.41) is 14.8. The first-order valence-electron chi connectivity index (χ1n) is 6.27. The van der Waals surface area contributed by atoms with Gasteiger partial charge in [-0.3, -0.25) is 0 Å². The molecule has 102 valence electrons. The first kappa shape index (κ1) is 13.4. The average molecular weight is 263 g/mol. The van der Waals surface area contributed by atoms with E-state index in [4.69, 9.17) is 5.11 Å². The topological polar surface area (TPSA) is 81.7 Å². The molecule has 6 heteroatoms. The third-order valence-corrected chi connectivity index (χ3v) is 3.01. The predicted molar refractivity (Wildman–Crippen MR) is 71.5 cm³/mol. The highest BCUT2D eigenvalue weighted by molar-refractivity contribution is 5.91. The molecule has 0 atom stereocenters. The van der Waals surface area contributed by atoms with Crippen LogP contribution in [0, 0.1) is 0 Å². The van der Waals surface area contributed by atoms with Gasteiger partial charge in [0.05, 0.1) is 5.56 Å². The van der Waals surface area contributed by atoms with Crippen molar-refractivity contribution in [3.8, 4) is 0 Å². The second-order valence-electron chi connectivity index (χ2n) is 4.40. The number of nitrogens with one attached hydrogen (secondary N) is 2. The smallest absolute Gasteiger partial charge is 0.335 e. The van der Waals surface area contributed by atoms with E-state index >= 15 is 0 Å². The van der Waals surface area contributed by atoms with Gasteiger partial charge in [0, 0.05) is 25.3 Å². The summed E-state index contributed by atoms with van der Waals surface area (Å²) in [4.78, 5) is 24.5. The molecule has 1 aromatic carbocycles. The van der Waals surface area contributed by atoms with E-state index < -0.39 is 5.97 Å². The van der Waals surface area contributed by atoms with Crippen molar-refractivity contribution in [2.45, 2.75) is 6.42 Å². The summed E-state index contributed by atoms with van der Waals surface area (Å²) in [5.74, 6) is -0.975. The van der Waals surface area contributed by atoms with Gasteiger partial charge in [0.2, 0.25) is 0 Å². The molecule has 19 heavy (non-hydrogen) atoms. The standard InChI is InChI=1S/C13H17N3O3/c17-12(18)10-2-4-11(5-3-10)15-13(19)16-8-1-6-14-7-9-16/h2-5,14H,1,6-9H2,(H,15,19)(H,17,18). The minimum absolute atomic E-state index is 0.147. The molecule has 0 saturated carbocycles. The summed E-state index contributed by atoms with van der Waals surface area (Å²) in [7, 11) is 0. The van der Waals surface area contributed by atoms with Crippen molar-refractivity contribution < 1.29 is 14.7 Å². The van der Waals surface area contributed by atoms with Gasteiger partial charge in [-0.25, -0.2) is 9.59 Å². The lowest BCUT2D eigenvalue weighted by Gasteiger charge is -2.20. The van der Waals surface area contributed by atoms with Crippen molar-refractivity contribution in [1.29, 1.82) is 0 Å². The van der Waals surface area contributed by atoms with Crippen LogP contribution in [0.5, 0.6) is 0 Å². The molecule has 2 amide bonds. The molecule has 0 aromatic heterocycles. The highest BCUT2D eigenvalue weighted by Crippen LogP contribution is 2.11. The van der Waals surface area contributed by atoms with Gasteiger partial charge in [0.25, 0.3) is 0 Å². The molecule has 0 bridgehead atoms. The zero-order chi connectivity index (χ0) is 13.7. The lowest BCUT2D eigenvalue weighted by Crippen LogP contribution is -2.37. The third kappa shape index (κ3) is 3.69. The number of carboxylic acid groups (broad SMARTS) is 1. The number of benzene rings is 1. The molecule has 0 aliphatic carbocycles. The van der Waals surface area contributed by atoms with E-state index in [9.17, 15) is 9.59 Å². The van der Waals surface area contributed by atoms with E-state index in [2.05, 4.69) is 10.6 Å². The SMILES string of the molecule is O=C(O)c1ccc(NC(=O)N2CCCNCC2)cc1. The maximum absolute atomic E-state index is 12.0. The predicted octanol–water partition coefficient (Wildman–Crippen LogP) is 1.21. The van der Waals surface area contributed by atoms with Gasteiger partial charge in [0.15, 0.2) is 0 Å². The molecular weight excluding hydrogens is 246 g/mol.